The highest BCUT2D eigenvalue weighted by Crippen LogP contribution is 2.55. The topological polar surface area (TPSA) is 86.2 Å². The van der Waals surface area contributed by atoms with Crippen molar-refractivity contribution in [3.8, 4) is 11.5 Å². The Labute approximate surface area is 181 Å². The number of anilines is 1. The van der Waals surface area contributed by atoms with Gasteiger partial charge in [0.05, 0.1) is 49.6 Å². The highest BCUT2D eigenvalue weighted by molar-refractivity contribution is 5.96. The molecule has 4 rings (SSSR count). The summed E-state index contributed by atoms with van der Waals surface area (Å²) in [6.45, 7) is 4.28. The van der Waals surface area contributed by atoms with E-state index in [0.29, 0.717) is 30.2 Å². The van der Waals surface area contributed by atoms with Crippen LogP contribution in [0.5, 0.6) is 11.5 Å². The summed E-state index contributed by atoms with van der Waals surface area (Å²) in [5.41, 5.74) is 2.18. The van der Waals surface area contributed by atoms with Gasteiger partial charge in [0.1, 0.15) is 11.6 Å². The summed E-state index contributed by atoms with van der Waals surface area (Å²) < 4.78 is 11.4. The zero-order valence-electron chi connectivity index (χ0n) is 18.0. The molecule has 7 nitrogen and oxygen atoms in total. The molecule has 0 radical (unpaired) electrons. The van der Waals surface area contributed by atoms with Gasteiger partial charge in [0.25, 0.3) is 0 Å². The van der Waals surface area contributed by atoms with Gasteiger partial charge in [0.15, 0.2) is 5.75 Å². The van der Waals surface area contributed by atoms with E-state index in [0.717, 1.165) is 23.5 Å². The maximum atomic E-state index is 13.1. The van der Waals surface area contributed by atoms with Gasteiger partial charge in [-0.15, -0.1) is 0 Å². The van der Waals surface area contributed by atoms with Gasteiger partial charge in [-0.3, -0.25) is 9.78 Å². The van der Waals surface area contributed by atoms with E-state index in [9.17, 15) is 4.79 Å². The van der Waals surface area contributed by atoms with Crippen molar-refractivity contribution in [2.45, 2.75) is 32.1 Å². The van der Waals surface area contributed by atoms with E-state index in [-0.39, 0.29) is 11.8 Å². The molecule has 3 aromatic rings. The summed E-state index contributed by atoms with van der Waals surface area (Å²) >= 11 is 0. The second kappa shape index (κ2) is 8.71. The Morgan fingerprint density at radius 2 is 2.03 bits per heavy atom. The fraction of sp³-hybridized carbons (Fsp3) is 0.333. The van der Waals surface area contributed by atoms with Crippen LogP contribution in [0.3, 0.4) is 0 Å². The van der Waals surface area contributed by atoms with Crippen LogP contribution in [0, 0.1) is 12.8 Å². The number of nitrogens with zero attached hydrogens (tertiary/aromatic N) is 3. The Morgan fingerprint density at radius 1 is 1.23 bits per heavy atom. The van der Waals surface area contributed by atoms with E-state index in [1.165, 1.54) is 0 Å². The van der Waals surface area contributed by atoms with E-state index in [4.69, 9.17) is 9.47 Å². The first-order chi connectivity index (χ1) is 15.1. The number of aromatic nitrogens is 3. The SMILES string of the molecule is CCc1nc(C)ncc1OC[C@@]1(c2ccccc2)C[C@H]1C(=O)Nc1cncc(OC)c1. The molecule has 1 aromatic carbocycles. The highest BCUT2D eigenvalue weighted by Gasteiger charge is 2.60. The van der Waals surface area contributed by atoms with Crippen LogP contribution in [-0.4, -0.2) is 34.6 Å². The van der Waals surface area contributed by atoms with Crippen molar-refractivity contribution in [1.29, 1.82) is 0 Å². The lowest BCUT2D eigenvalue weighted by atomic mass is 9.93. The number of rotatable bonds is 8. The molecular formula is C24H26N4O3. The van der Waals surface area contributed by atoms with Crippen molar-refractivity contribution in [2.75, 3.05) is 19.0 Å². The monoisotopic (exact) mass is 418 g/mol. The average molecular weight is 418 g/mol. The molecule has 7 heteroatoms. The number of amides is 1. The first kappa shape index (κ1) is 20.8. The number of pyridine rings is 1. The van der Waals surface area contributed by atoms with Crippen LogP contribution in [0.4, 0.5) is 5.69 Å². The van der Waals surface area contributed by atoms with Crippen LogP contribution in [0.1, 0.15) is 30.4 Å². The molecule has 1 aliphatic carbocycles. The van der Waals surface area contributed by atoms with Crippen molar-refractivity contribution < 1.29 is 14.3 Å². The number of benzene rings is 1. The van der Waals surface area contributed by atoms with Gasteiger partial charge < -0.3 is 14.8 Å². The number of hydrogen-bond acceptors (Lipinski definition) is 6. The van der Waals surface area contributed by atoms with Gasteiger partial charge in [-0.2, -0.15) is 0 Å². The van der Waals surface area contributed by atoms with Gasteiger partial charge in [-0.25, -0.2) is 9.97 Å². The number of ether oxygens (including phenoxy) is 2. The normalized spacial score (nSPS) is 19.5. The van der Waals surface area contributed by atoms with Gasteiger partial charge in [-0.1, -0.05) is 37.3 Å². The number of hydrogen-bond donors (Lipinski definition) is 1. The number of aryl methyl sites for hydroxylation is 2. The van der Waals surface area contributed by atoms with Crippen LogP contribution in [0.25, 0.3) is 0 Å². The molecule has 2 heterocycles. The molecule has 160 valence electrons. The molecule has 0 bridgehead atoms. The molecule has 1 amide bonds. The molecule has 0 unspecified atom stereocenters. The van der Waals surface area contributed by atoms with Gasteiger partial charge >= 0.3 is 0 Å². The molecule has 2 atom stereocenters. The molecular weight excluding hydrogens is 392 g/mol. The predicted octanol–water partition coefficient (Wildman–Crippen LogP) is 3.73. The van der Waals surface area contributed by atoms with Crippen LogP contribution >= 0.6 is 0 Å². The second-order valence-corrected chi connectivity index (χ2v) is 7.75. The zero-order valence-corrected chi connectivity index (χ0v) is 18.0. The first-order valence-corrected chi connectivity index (χ1v) is 10.4. The Hall–Kier alpha value is -3.48. The summed E-state index contributed by atoms with van der Waals surface area (Å²) in [4.78, 5) is 25.9. The minimum Gasteiger partial charge on any atom is -0.495 e. The maximum Gasteiger partial charge on any atom is 0.228 e. The molecule has 2 aromatic heterocycles. The van der Waals surface area contributed by atoms with Crippen molar-refractivity contribution >= 4 is 11.6 Å². The summed E-state index contributed by atoms with van der Waals surface area (Å²) in [6, 6.07) is 11.8. The quantitative estimate of drug-likeness (QED) is 0.600. The minimum absolute atomic E-state index is 0.0571. The fourth-order valence-electron chi connectivity index (χ4n) is 3.90. The third-order valence-electron chi connectivity index (χ3n) is 5.73. The molecule has 1 aliphatic rings. The van der Waals surface area contributed by atoms with Crippen LogP contribution in [0.15, 0.2) is 55.0 Å². The molecule has 0 spiro atoms. The Balaban J connectivity index is 1.54. The first-order valence-electron chi connectivity index (χ1n) is 10.4. The lowest BCUT2D eigenvalue weighted by Gasteiger charge is -2.20. The van der Waals surface area contributed by atoms with E-state index in [1.807, 2.05) is 32.0 Å². The van der Waals surface area contributed by atoms with Crippen molar-refractivity contribution in [1.82, 2.24) is 15.0 Å². The largest absolute Gasteiger partial charge is 0.495 e. The van der Waals surface area contributed by atoms with Crippen molar-refractivity contribution in [3.63, 3.8) is 0 Å². The maximum absolute atomic E-state index is 13.1. The number of nitrogens with one attached hydrogen (secondary N) is 1. The van der Waals surface area contributed by atoms with Gasteiger partial charge in [-0.05, 0) is 25.3 Å². The summed E-state index contributed by atoms with van der Waals surface area (Å²) in [5.74, 6) is 1.72. The predicted molar refractivity (Wildman–Crippen MR) is 117 cm³/mol. The van der Waals surface area contributed by atoms with E-state index in [1.54, 1.807) is 31.8 Å². The van der Waals surface area contributed by atoms with E-state index in [2.05, 4.69) is 32.4 Å². The number of carbonyl (C=O) groups excluding carboxylic acids is 1. The van der Waals surface area contributed by atoms with Crippen LogP contribution in [0.2, 0.25) is 0 Å². The van der Waals surface area contributed by atoms with Crippen LogP contribution in [-0.2, 0) is 16.6 Å². The molecule has 0 saturated heterocycles. The highest BCUT2D eigenvalue weighted by atomic mass is 16.5. The zero-order chi connectivity index (χ0) is 21.8. The fourth-order valence-corrected chi connectivity index (χ4v) is 3.90. The van der Waals surface area contributed by atoms with Crippen LogP contribution < -0.4 is 14.8 Å². The number of carbonyl (C=O) groups is 1. The minimum atomic E-state index is -0.395. The molecule has 0 aliphatic heterocycles. The number of methoxy groups -OCH3 is 1. The van der Waals surface area contributed by atoms with Crippen molar-refractivity contribution in [2.24, 2.45) is 5.92 Å². The Kier molecular flexibility index (Phi) is 5.84. The molecule has 31 heavy (non-hydrogen) atoms. The van der Waals surface area contributed by atoms with E-state index < -0.39 is 5.41 Å². The van der Waals surface area contributed by atoms with Crippen molar-refractivity contribution in [3.05, 3.63) is 72.1 Å². The van der Waals surface area contributed by atoms with E-state index >= 15 is 0 Å². The van der Waals surface area contributed by atoms with Gasteiger partial charge in [0.2, 0.25) is 5.91 Å². The lowest BCUT2D eigenvalue weighted by molar-refractivity contribution is -0.117. The standard InChI is InChI=1S/C24H26N4O3/c1-4-21-22(14-26-16(2)27-21)31-15-24(17-8-6-5-7-9-17)11-20(24)23(29)28-18-10-19(30-3)13-25-12-18/h5-10,12-14,20H,4,11,15H2,1-3H3,(H,28,29)/t20-,24+/m0/s1. The second-order valence-electron chi connectivity index (χ2n) is 7.75. The Bertz CT molecular complexity index is 1070. The summed E-state index contributed by atoms with van der Waals surface area (Å²) in [6.07, 6.45) is 6.39. The molecule has 1 saturated carbocycles. The summed E-state index contributed by atoms with van der Waals surface area (Å²) in [7, 11) is 1.57. The molecule has 1 fully saturated rings. The Morgan fingerprint density at radius 3 is 2.77 bits per heavy atom. The lowest BCUT2D eigenvalue weighted by Crippen LogP contribution is -2.26. The molecule has 1 N–H and O–H groups in total. The van der Waals surface area contributed by atoms with Gasteiger partial charge in [0, 0.05) is 11.5 Å². The summed E-state index contributed by atoms with van der Waals surface area (Å²) in [5, 5.41) is 2.97. The third kappa shape index (κ3) is 4.35. The third-order valence-corrected chi connectivity index (χ3v) is 5.73. The average Bonchev–Trinajstić information content (AvgIpc) is 3.55. The smallest absolute Gasteiger partial charge is 0.228 e.